The molecule has 0 saturated carbocycles. The summed E-state index contributed by atoms with van der Waals surface area (Å²) in [7, 11) is 0. The number of hydrogen-bond donors (Lipinski definition) is 2. The van der Waals surface area contributed by atoms with Crippen molar-refractivity contribution in [2.24, 2.45) is 5.84 Å². The molecule has 0 aromatic carbocycles. The second kappa shape index (κ2) is 5.93. The highest BCUT2D eigenvalue weighted by molar-refractivity contribution is 9.10. The number of halogens is 2. The molecule has 17 heavy (non-hydrogen) atoms. The quantitative estimate of drug-likeness (QED) is 0.667. The van der Waals surface area contributed by atoms with Gasteiger partial charge in [0.2, 0.25) is 0 Å². The minimum Gasteiger partial charge on any atom is -0.271 e. The summed E-state index contributed by atoms with van der Waals surface area (Å²) in [5.74, 6) is 5.59. The van der Waals surface area contributed by atoms with Gasteiger partial charge in [-0.3, -0.25) is 16.3 Å². The van der Waals surface area contributed by atoms with E-state index in [-0.39, 0.29) is 6.04 Å². The van der Waals surface area contributed by atoms with Crippen LogP contribution in [0.1, 0.15) is 16.5 Å². The van der Waals surface area contributed by atoms with Crippen LogP contribution in [0.4, 0.5) is 0 Å². The fraction of sp³-hybridized carbons (Fsp3) is 0.182. The Hall–Kier alpha value is -0.460. The van der Waals surface area contributed by atoms with E-state index >= 15 is 0 Å². The van der Waals surface area contributed by atoms with Crippen molar-refractivity contribution in [1.82, 2.24) is 10.4 Å². The first-order chi connectivity index (χ1) is 8.20. The van der Waals surface area contributed by atoms with Gasteiger partial charge in [-0.1, -0.05) is 11.6 Å². The van der Waals surface area contributed by atoms with Crippen molar-refractivity contribution in [1.29, 1.82) is 0 Å². The maximum Gasteiger partial charge on any atom is 0.0622 e. The standard InChI is InChI=1S/C11H11BrClN3S/c12-8-4-11(17-6-8)10(16-14)3-7-1-2-15-5-9(7)13/h1-2,4-6,10,16H,3,14H2. The van der Waals surface area contributed by atoms with Crippen LogP contribution >= 0.6 is 38.9 Å². The zero-order valence-electron chi connectivity index (χ0n) is 8.86. The van der Waals surface area contributed by atoms with E-state index in [1.165, 1.54) is 4.88 Å². The number of thiophene rings is 1. The van der Waals surface area contributed by atoms with Gasteiger partial charge in [-0.05, 0) is 40.0 Å². The molecule has 2 aromatic heterocycles. The van der Waals surface area contributed by atoms with Gasteiger partial charge < -0.3 is 0 Å². The topological polar surface area (TPSA) is 50.9 Å². The average Bonchev–Trinajstić information content (AvgIpc) is 2.75. The van der Waals surface area contributed by atoms with Crippen LogP contribution in [0.15, 0.2) is 34.4 Å². The molecule has 2 aromatic rings. The number of nitrogens with zero attached hydrogens (tertiary/aromatic N) is 1. The molecule has 2 heterocycles. The Morgan fingerprint density at radius 1 is 1.59 bits per heavy atom. The van der Waals surface area contributed by atoms with Crippen LogP contribution in [0.5, 0.6) is 0 Å². The Bertz CT molecular complexity index is 503. The molecule has 3 N–H and O–H groups in total. The van der Waals surface area contributed by atoms with Crippen LogP contribution in [0.2, 0.25) is 5.02 Å². The molecule has 0 fully saturated rings. The molecule has 0 spiro atoms. The molecule has 6 heteroatoms. The second-order valence-corrected chi connectivity index (χ2v) is 5.82. The number of aromatic nitrogens is 1. The van der Waals surface area contributed by atoms with Gasteiger partial charge in [0.15, 0.2) is 0 Å². The molecule has 0 aliphatic heterocycles. The summed E-state index contributed by atoms with van der Waals surface area (Å²) in [4.78, 5) is 5.14. The predicted molar refractivity (Wildman–Crippen MR) is 75.0 cm³/mol. The zero-order valence-corrected chi connectivity index (χ0v) is 12.0. The number of rotatable bonds is 4. The van der Waals surface area contributed by atoms with Crippen LogP contribution < -0.4 is 11.3 Å². The molecule has 90 valence electrons. The highest BCUT2D eigenvalue weighted by atomic mass is 79.9. The van der Waals surface area contributed by atoms with Crippen LogP contribution in [-0.4, -0.2) is 4.98 Å². The molecular weight excluding hydrogens is 322 g/mol. The van der Waals surface area contributed by atoms with E-state index in [0.29, 0.717) is 5.02 Å². The summed E-state index contributed by atoms with van der Waals surface area (Å²) in [6, 6.07) is 4.03. The van der Waals surface area contributed by atoms with Crippen molar-refractivity contribution in [3.05, 3.63) is 49.8 Å². The molecule has 0 radical (unpaired) electrons. The van der Waals surface area contributed by atoms with Gasteiger partial charge in [-0.25, -0.2) is 0 Å². The third-order valence-corrected chi connectivity index (χ3v) is 4.56. The largest absolute Gasteiger partial charge is 0.271 e. The Morgan fingerprint density at radius 3 is 3.00 bits per heavy atom. The van der Waals surface area contributed by atoms with Gasteiger partial charge in [0.25, 0.3) is 0 Å². The molecule has 0 amide bonds. The molecule has 0 aliphatic carbocycles. The summed E-state index contributed by atoms with van der Waals surface area (Å²) >= 11 is 11.2. The van der Waals surface area contributed by atoms with Gasteiger partial charge in [-0.2, -0.15) is 0 Å². The molecular formula is C11H11BrClN3S. The van der Waals surface area contributed by atoms with Gasteiger partial charge in [0.05, 0.1) is 11.1 Å². The highest BCUT2D eigenvalue weighted by Gasteiger charge is 2.14. The van der Waals surface area contributed by atoms with Gasteiger partial charge in [-0.15, -0.1) is 11.3 Å². The number of pyridine rings is 1. The Morgan fingerprint density at radius 2 is 2.41 bits per heavy atom. The normalized spacial score (nSPS) is 12.6. The summed E-state index contributed by atoms with van der Waals surface area (Å²) in [6.45, 7) is 0. The van der Waals surface area contributed by atoms with Crippen molar-refractivity contribution in [3.8, 4) is 0 Å². The smallest absolute Gasteiger partial charge is 0.0622 e. The third-order valence-electron chi connectivity index (χ3n) is 2.41. The van der Waals surface area contributed by atoms with E-state index in [0.717, 1.165) is 16.5 Å². The molecule has 0 bridgehead atoms. The lowest BCUT2D eigenvalue weighted by molar-refractivity contribution is 0.560. The summed E-state index contributed by atoms with van der Waals surface area (Å²) < 4.78 is 1.07. The monoisotopic (exact) mass is 331 g/mol. The van der Waals surface area contributed by atoms with E-state index in [9.17, 15) is 0 Å². The van der Waals surface area contributed by atoms with Gasteiger partial charge >= 0.3 is 0 Å². The Labute approximate surface area is 117 Å². The number of hydrogen-bond acceptors (Lipinski definition) is 4. The predicted octanol–water partition coefficient (Wildman–Crippen LogP) is 3.31. The number of hydrazine groups is 1. The summed E-state index contributed by atoms with van der Waals surface area (Å²) in [6.07, 6.45) is 4.12. The van der Waals surface area contributed by atoms with Crippen molar-refractivity contribution >= 4 is 38.9 Å². The highest BCUT2D eigenvalue weighted by Crippen LogP contribution is 2.28. The summed E-state index contributed by atoms with van der Waals surface area (Å²) in [5.41, 5.74) is 3.85. The Balaban J connectivity index is 2.18. The fourth-order valence-corrected chi connectivity index (χ4v) is 3.24. The molecule has 1 unspecified atom stereocenters. The average molecular weight is 333 g/mol. The lowest BCUT2D eigenvalue weighted by Crippen LogP contribution is -2.29. The van der Waals surface area contributed by atoms with Crippen LogP contribution in [0, 0.1) is 0 Å². The first-order valence-corrected chi connectivity index (χ1v) is 7.04. The van der Waals surface area contributed by atoms with E-state index in [2.05, 4.69) is 32.4 Å². The lowest BCUT2D eigenvalue weighted by atomic mass is 10.1. The maximum atomic E-state index is 6.08. The fourth-order valence-electron chi connectivity index (χ4n) is 1.54. The minimum atomic E-state index is 0.0613. The SMILES string of the molecule is NNC(Cc1ccncc1Cl)c1cc(Br)cs1. The molecule has 0 saturated heterocycles. The molecule has 1 atom stereocenters. The van der Waals surface area contributed by atoms with Gasteiger partial charge in [0.1, 0.15) is 0 Å². The van der Waals surface area contributed by atoms with Crippen molar-refractivity contribution in [2.75, 3.05) is 0 Å². The zero-order chi connectivity index (χ0) is 12.3. The van der Waals surface area contributed by atoms with Crippen molar-refractivity contribution < 1.29 is 0 Å². The van der Waals surface area contributed by atoms with E-state index in [1.54, 1.807) is 23.7 Å². The minimum absolute atomic E-state index is 0.0613. The van der Waals surface area contributed by atoms with Gasteiger partial charge in [0, 0.05) is 27.1 Å². The van der Waals surface area contributed by atoms with Crippen LogP contribution in [-0.2, 0) is 6.42 Å². The third kappa shape index (κ3) is 3.26. The lowest BCUT2D eigenvalue weighted by Gasteiger charge is -2.14. The number of nitrogens with two attached hydrogens (primary N) is 1. The van der Waals surface area contributed by atoms with E-state index < -0.39 is 0 Å². The van der Waals surface area contributed by atoms with Crippen molar-refractivity contribution in [2.45, 2.75) is 12.5 Å². The molecule has 3 nitrogen and oxygen atoms in total. The maximum absolute atomic E-state index is 6.08. The molecule has 2 rings (SSSR count). The molecule has 0 aliphatic rings. The van der Waals surface area contributed by atoms with Crippen LogP contribution in [0.25, 0.3) is 0 Å². The van der Waals surface area contributed by atoms with E-state index in [1.807, 2.05) is 11.4 Å². The second-order valence-electron chi connectivity index (χ2n) is 3.56. The van der Waals surface area contributed by atoms with E-state index in [4.69, 9.17) is 17.4 Å². The first kappa shape index (κ1) is 13.0. The number of nitrogens with one attached hydrogen (secondary N) is 1. The van der Waals surface area contributed by atoms with Crippen LogP contribution in [0.3, 0.4) is 0 Å². The van der Waals surface area contributed by atoms with Crippen molar-refractivity contribution in [3.63, 3.8) is 0 Å². The Kier molecular flexibility index (Phi) is 4.53. The summed E-state index contributed by atoms with van der Waals surface area (Å²) in [5, 5.41) is 2.71. The first-order valence-electron chi connectivity index (χ1n) is 4.99.